The van der Waals surface area contributed by atoms with Crippen molar-refractivity contribution in [3.8, 4) is 0 Å². The van der Waals surface area contributed by atoms with Crippen molar-refractivity contribution in [3.63, 3.8) is 0 Å². The van der Waals surface area contributed by atoms with Crippen LogP contribution in [0.3, 0.4) is 0 Å². The van der Waals surface area contributed by atoms with Crippen LogP contribution in [0.1, 0.15) is 40.5 Å². The Morgan fingerprint density at radius 3 is 2.67 bits per heavy atom. The summed E-state index contributed by atoms with van der Waals surface area (Å²) in [5.74, 6) is 0.445. The van der Waals surface area contributed by atoms with Crippen LogP contribution >= 0.6 is 0 Å². The van der Waals surface area contributed by atoms with Crippen molar-refractivity contribution in [3.05, 3.63) is 0 Å². The summed E-state index contributed by atoms with van der Waals surface area (Å²) >= 11 is 0. The molecule has 0 unspecified atom stereocenters. The van der Waals surface area contributed by atoms with Crippen LogP contribution in [-0.4, -0.2) is 30.4 Å². The van der Waals surface area contributed by atoms with Gasteiger partial charge in [-0.1, -0.05) is 20.8 Å². The van der Waals surface area contributed by atoms with Gasteiger partial charge in [-0.2, -0.15) is 0 Å². The van der Waals surface area contributed by atoms with E-state index in [9.17, 15) is 0 Å². The van der Waals surface area contributed by atoms with Gasteiger partial charge in [0.25, 0.3) is 0 Å². The molecule has 0 amide bonds. The third-order valence-corrected chi connectivity index (χ3v) is 4.57. The lowest BCUT2D eigenvalue weighted by Gasteiger charge is -2.49. The molecule has 15 heavy (non-hydrogen) atoms. The molecule has 0 aromatic heterocycles. The second-order valence-electron chi connectivity index (χ2n) is 5.79. The summed E-state index contributed by atoms with van der Waals surface area (Å²) in [4.78, 5) is 0. The summed E-state index contributed by atoms with van der Waals surface area (Å²) < 4.78 is 11.6. The molecule has 1 aliphatic heterocycles. The third-order valence-electron chi connectivity index (χ3n) is 4.57. The van der Waals surface area contributed by atoms with Gasteiger partial charge in [0.2, 0.25) is 0 Å². The lowest BCUT2D eigenvalue weighted by atomic mass is 9.61. The van der Waals surface area contributed by atoms with Crippen LogP contribution in [0.15, 0.2) is 0 Å². The predicted molar refractivity (Wildman–Crippen MR) is 59.4 cm³/mol. The molecule has 86 valence electrons. The quantitative estimate of drug-likeness (QED) is 0.671. The highest BCUT2D eigenvalue weighted by Gasteiger charge is 2.57. The molecule has 1 N–H and O–H groups in total. The number of aliphatic hydroxyl groups excluding tert-OH is 1. The minimum Gasteiger partial charge on any atom is -0.404 e. The Balaban J connectivity index is 2.22. The molecule has 1 saturated heterocycles. The van der Waals surface area contributed by atoms with E-state index in [-0.39, 0.29) is 18.2 Å². The second-order valence-corrected chi connectivity index (χ2v) is 5.79. The molecular formula is C11H21BO3. The molecule has 0 bridgehead atoms. The van der Waals surface area contributed by atoms with E-state index >= 15 is 0 Å². The van der Waals surface area contributed by atoms with Gasteiger partial charge in [-0.15, -0.1) is 0 Å². The Labute approximate surface area is 92.3 Å². The molecule has 3 nitrogen and oxygen atoms in total. The van der Waals surface area contributed by atoms with Gasteiger partial charge < -0.3 is 14.4 Å². The Morgan fingerprint density at radius 1 is 1.40 bits per heavy atom. The highest BCUT2D eigenvalue weighted by molar-refractivity contribution is 6.45. The third kappa shape index (κ3) is 1.63. The molecule has 4 heteroatoms. The van der Waals surface area contributed by atoms with Crippen LogP contribution < -0.4 is 0 Å². The van der Waals surface area contributed by atoms with Crippen molar-refractivity contribution >= 4 is 7.12 Å². The van der Waals surface area contributed by atoms with E-state index < -0.39 is 7.12 Å². The fraction of sp³-hybridized carbons (Fsp3) is 1.00. The first kappa shape index (κ1) is 11.4. The maximum absolute atomic E-state index is 9.09. The Bertz CT molecular complexity index is 256. The van der Waals surface area contributed by atoms with Gasteiger partial charge in [-0.25, -0.2) is 0 Å². The molecule has 0 radical (unpaired) electrons. The average Bonchev–Trinajstić information content (AvgIpc) is 2.52. The summed E-state index contributed by atoms with van der Waals surface area (Å²) in [6.45, 7) is 8.89. The van der Waals surface area contributed by atoms with E-state index in [1.54, 1.807) is 0 Å². The van der Waals surface area contributed by atoms with Gasteiger partial charge in [-0.3, -0.25) is 0 Å². The number of fused-ring (bicyclic) bond motifs is 1. The minimum absolute atomic E-state index is 0.0424. The van der Waals surface area contributed by atoms with Crippen molar-refractivity contribution < 1.29 is 14.4 Å². The summed E-state index contributed by atoms with van der Waals surface area (Å²) in [6.07, 6.45) is 2.35. The topological polar surface area (TPSA) is 38.7 Å². The lowest BCUT2D eigenvalue weighted by molar-refractivity contribution is -0.0837. The van der Waals surface area contributed by atoms with Gasteiger partial charge in [0, 0.05) is 0 Å². The zero-order valence-electron chi connectivity index (χ0n) is 10.1. The molecule has 2 rings (SSSR count). The van der Waals surface area contributed by atoms with Crippen LogP contribution in [-0.2, 0) is 9.31 Å². The van der Waals surface area contributed by atoms with Gasteiger partial charge in [0.05, 0.1) is 18.2 Å². The normalized spacial score (nSPS) is 44.2. The predicted octanol–water partition coefficient (Wildman–Crippen LogP) is 1.64. The maximum atomic E-state index is 9.09. The second kappa shape index (κ2) is 3.47. The largest absolute Gasteiger partial charge is 0.485 e. The first-order valence-corrected chi connectivity index (χ1v) is 5.84. The Morgan fingerprint density at radius 2 is 2.07 bits per heavy atom. The minimum atomic E-state index is -0.420. The summed E-state index contributed by atoms with van der Waals surface area (Å²) in [7, 11) is -0.420. The molecule has 0 spiro atoms. The lowest BCUT2D eigenvalue weighted by Crippen LogP contribution is -2.53. The zero-order valence-corrected chi connectivity index (χ0v) is 10.1. The molecule has 1 heterocycles. The SMILES string of the molecule is C[C@H]1C(C)(C)CC[C@H]2OB(CO)O[C@]21C. The summed E-state index contributed by atoms with van der Waals surface area (Å²) in [5.41, 5.74) is 0.0636. The maximum Gasteiger partial charge on any atom is 0.485 e. The van der Waals surface area contributed by atoms with Crippen molar-refractivity contribution in [2.45, 2.75) is 52.2 Å². The fourth-order valence-corrected chi connectivity index (χ4v) is 3.02. The monoisotopic (exact) mass is 212 g/mol. The first-order valence-electron chi connectivity index (χ1n) is 5.84. The van der Waals surface area contributed by atoms with Crippen molar-refractivity contribution in [1.82, 2.24) is 0 Å². The van der Waals surface area contributed by atoms with Crippen molar-refractivity contribution in [2.75, 3.05) is 6.51 Å². The standard InChI is InChI=1S/C11H21BO3/c1-8-10(2,3)6-5-9-11(8,4)15-12(7-13)14-9/h8-9,13H,5-7H2,1-4H3/t8-,9+,11-/m0/s1. The molecule has 0 aromatic carbocycles. The molecule has 2 fully saturated rings. The summed E-state index contributed by atoms with van der Waals surface area (Å²) in [6, 6.07) is 0. The highest BCUT2D eigenvalue weighted by atomic mass is 16.7. The van der Waals surface area contributed by atoms with Gasteiger partial charge >= 0.3 is 7.12 Å². The Hall–Kier alpha value is -0.0551. The number of rotatable bonds is 1. The van der Waals surface area contributed by atoms with Gasteiger partial charge in [0.1, 0.15) is 0 Å². The average molecular weight is 212 g/mol. The van der Waals surface area contributed by atoms with Gasteiger partial charge in [0.15, 0.2) is 0 Å². The van der Waals surface area contributed by atoms with E-state index in [1.165, 1.54) is 0 Å². The molecular weight excluding hydrogens is 191 g/mol. The van der Waals surface area contributed by atoms with Crippen LogP contribution in [0.5, 0.6) is 0 Å². The van der Waals surface area contributed by atoms with E-state index in [1.807, 2.05) is 0 Å². The molecule has 1 aliphatic carbocycles. The molecule has 3 atom stereocenters. The van der Waals surface area contributed by atoms with E-state index in [4.69, 9.17) is 14.4 Å². The van der Waals surface area contributed by atoms with Crippen LogP contribution in [0.4, 0.5) is 0 Å². The molecule has 1 saturated carbocycles. The van der Waals surface area contributed by atoms with E-state index in [2.05, 4.69) is 27.7 Å². The summed E-state index contributed by atoms with van der Waals surface area (Å²) in [5, 5.41) is 9.09. The van der Waals surface area contributed by atoms with E-state index in [0.29, 0.717) is 11.3 Å². The number of hydrogen-bond acceptors (Lipinski definition) is 3. The number of hydrogen-bond donors (Lipinski definition) is 1. The van der Waals surface area contributed by atoms with Crippen LogP contribution in [0, 0.1) is 11.3 Å². The zero-order chi connectivity index (χ0) is 11.3. The van der Waals surface area contributed by atoms with Crippen LogP contribution in [0.2, 0.25) is 0 Å². The molecule has 2 aliphatic rings. The molecule has 0 aromatic rings. The Kier molecular flexibility index (Phi) is 2.65. The first-order chi connectivity index (χ1) is 6.90. The van der Waals surface area contributed by atoms with Gasteiger partial charge in [-0.05, 0) is 31.1 Å². The van der Waals surface area contributed by atoms with Crippen molar-refractivity contribution in [2.24, 2.45) is 11.3 Å². The van der Waals surface area contributed by atoms with Crippen molar-refractivity contribution in [1.29, 1.82) is 0 Å². The highest BCUT2D eigenvalue weighted by Crippen LogP contribution is 2.51. The number of aliphatic hydroxyl groups is 1. The smallest absolute Gasteiger partial charge is 0.404 e. The van der Waals surface area contributed by atoms with Crippen LogP contribution in [0.25, 0.3) is 0 Å². The fourth-order valence-electron chi connectivity index (χ4n) is 3.02. The van der Waals surface area contributed by atoms with E-state index in [0.717, 1.165) is 12.8 Å².